The average Bonchev–Trinajstić information content (AvgIpc) is 3.01. The highest BCUT2D eigenvalue weighted by molar-refractivity contribution is 7.10. The van der Waals surface area contributed by atoms with Crippen LogP contribution in [0.5, 0.6) is 0 Å². The second-order valence-electron chi connectivity index (χ2n) is 4.76. The molecule has 3 aromatic rings. The first-order valence-corrected chi connectivity index (χ1v) is 7.46. The molecule has 0 spiro atoms. The molecule has 1 atom stereocenters. The van der Waals surface area contributed by atoms with Gasteiger partial charge >= 0.3 is 5.97 Å². The summed E-state index contributed by atoms with van der Waals surface area (Å²) >= 11 is 1.66. The highest BCUT2D eigenvalue weighted by atomic mass is 32.1. The van der Waals surface area contributed by atoms with Crippen LogP contribution in [0.4, 0.5) is 5.82 Å². The summed E-state index contributed by atoms with van der Waals surface area (Å²) in [5.74, 6) is -0.418. The number of thiophene rings is 1. The van der Waals surface area contributed by atoms with Gasteiger partial charge in [-0.3, -0.25) is 0 Å². The maximum absolute atomic E-state index is 11.2. The van der Waals surface area contributed by atoms with Crippen molar-refractivity contribution in [3.8, 4) is 0 Å². The maximum Gasteiger partial charge on any atom is 0.354 e. The van der Waals surface area contributed by atoms with Gasteiger partial charge in [0, 0.05) is 10.3 Å². The van der Waals surface area contributed by atoms with Crippen LogP contribution >= 0.6 is 11.3 Å². The highest BCUT2D eigenvalue weighted by Gasteiger charge is 2.13. The fourth-order valence-electron chi connectivity index (χ4n) is 2.23. The predicted octanol–water partition coefficient (Wildman–Crippen LogP) is 4.17. The molecule has 1 aromatic carbocycles. The zero-order chi connectivity index (χ0) is 14.8. The number of carboxylic acids is 1. The molecule has 0 aliphatic heterocycles. The number of rotatable bonds is 4. The molecule has 0 fully saturated rings. The Kier molecular flexibility index (Phi) is 3.58. The number of aromatic carboxylic acids is 1. The van der Waals surface area contributed by atoms with E-state index in [1.165, 1.54) is 4.88 Å². The minimum absolute atomic E-state index is 0.0505. The van der Waals surface area contributed by atoms with Gasteiger partial charge in [-0.2, -0.15) is 0 Å². The first-order chi connectivity index (χ1) is 10.1. The van der Waals surface area contributed by atoms with E-state index in [2.05, 4.69) is 10.3 Å². The molecule has 5 heteroatoms. The first-order valence-electron chi connectivity index (χ1n) is 6.58. The predicted molar refractivity (Wildman–Crippen MR) is 85.1 cm³/mol. The molecular weight excluding hydrogens is 284 g/mol. The lowest BCUT2D eigenvalue weighted by Crippen LogP contribution is -2.09. The first kappa shape index (κ1) is 13.6. The fourth-order valence-corrected chi connectivity index (χ4v) is 2.97. The summed E-state index contributed by atoms with van der Waals surface area (Å²) in [6.07, 6.45) is 0. The third kappa shape index (κ3) is 2.73. The van der Waals surface area contributed by atoms with E-state index in [0.717, 1.165) is 10.8 Å². The van der Waals surface area contributed by atoms with Crippen molar-refractivity contribution in [1.29, 1.82) is 0 Å². The van der Waals surface area contributed by atoms with Crippen molar-refractivity contribution >= 4 is 33.9 Å². The molecule has 3 rings (SSSR count). The van der Waals surface area contributed by atoms with E-state index in [1.54, 1.807) is 17.4 Å². The number of hydrogen-bond donors (Lipinski definition) is 2. The number of aromatic nitrogens is 1. The van der Waals surface area contributed by atoms with E-state index in [0.29, 0.717) is 5.82 Å². The van der Waals surface area contributed by atoms with E-state index in [-0.39, 0.29) is 11.7 Å². The third-order valence-electron chi connectivity index (χ3n) is 3.28. The van der Waals surface area contributed by atoms with Crippen LogP contribution < -0.4 is 5.32 Å². The van der Waals surface area contributed by atoms with Crippen molar-refractivity contribution in [2.45, 2.75) is 13.0 Å². The van der Waals surface area contributed by atoms with Crippen LogP contribution in [0.2, 0.25) is 0 Å². The van der Waals surface area contributed by atoms with Gasteiger partial charge in [0.25, 0.3) is 0 Å². The molecule has 4 nitrogen and oxygen atoms in total. The van der Waals surface area contributed by atoms with Crippen molar-refractivity contribution in [1.82, 2.24) is 4.98 Å². The summed E-state index contributed by atoms with van der Waals surface area (Å²) in [4.78, 5) is 16.6. The molecular formula is C16H14N2O2S. The number of carboxylic acid groups (broad SMARTS) is 1. The minimum atomic E-state index is -1.02. The van der Waals surface area contributed by atoms with Crippen molar-refractivity contribution < 1.29 is 9.90 Å². The Morgan fingerprint density at radius 3 is 2.81 bits per heavy atom. The van der Waals surface area contributed by atoms with Gasteiger partial charge in [0.2, 0.25) is 0 Å². The lowest BCUT2D eigenvalue weighted by Gasteiger charge is -2.15. The maximum atomic E-state index is 11.2. The SMILES string of the molecule is CC(Nc1nc(C(=O)O)cc2ccccc12)c1cccs1. The Balaban J connectivity index is 2.05. The van der Waals surface area contributed by atoms with Crippen LogP contribution in [0.25, 0.3) is 10.8 Å². The number of nitrogens with one attached hydrogen (secondary N) is 1. The number of carbonyl (C=O) groups is 1. The van der Waals surface area contributed by atoms with E-state index < -0.39 is 5.97 Å². The van der Waals surface area contributed by atoms with Gasteiger partial charge in [-0.15, -0.1) is 11.3 Å². The number of fused-ring (bicyclic) bond motifs is 1. The normalized spacial score (nSPS) is 12.2. The van der Waals surface area contributed by atoms with Gasteiger partial charge in [0.1, 0.15) is 5.82 Å². The van der Waals surface area contributed by atoms with Crippen LogP contribution in [0.15, 0.2) is 47.8 Å². The van der Waals surface area contributed by atoms with E-state index in [4.69, 9.17) is 0 Å². The van der Waals surface area contributed by atoms with Crippen LogP contribution in [-0.4, -0.2) is 16.1 Å². The lowest BCUT2D eigenvalue weighted by molar-refractivity contribution is 0.0691. The van der Waals surface area contributed by atoms with Crippen molar-refractivity contribution in [3.63, 3.8) is 0 Å². The number of pyridine rings is 1. The number of benzene rings is 1. The second-order valence-corrected chi connectivity index (χ2v) is 5.74. The Morgan fingerprint density at radius 2 is 2.10 bits per heavy atom. The largest absolute Gasteiger partial charge is 0.477 e. The van der Waals surface area contributed by atoms with Crippen molar-refractivity contribution in [3.05, 3.63) is 58.4 Å². The standard InChI is InChI=1S/C16H14N2O2S/c1-10(14-7-4-8-21-14)17-15-12-6-3-2-5-11(12)9-13(18-15)16(19)20/h2-10H,1H3,(H,17,18)(H,19,20). The Labute approximate surface area is 126 Å². The summed E-state index contributed by atoms with van der Waals surface area (Å²) in [6, 6.07) is 13.4. The number of nitrogens with zero attached hydrogens (tertiary/aromatic N) is 1. The second kappa shape index (κ2) is 5.54. The fraction of sp³-hybridized carbons (Fsp3) is 0.125. The van der Waals surface area contributed by atoms with Gasteiger partial charge in [-0.25, -0.2) is 9.78 Å². The molecule has 0 aliphatic carbocycles. The molecule has 0 amide bonds. The summed E-state index contributed by atoms with van der Waals surface area (Å²) in [6.45, 7) is 2.04. The van der Waals surface area contributed by atoms with Crippen molar-refractivity contribution in [2.75, 3.05) is 5.32 Å². The molecule has 1 unspecified atom stereocenters. The summed E-state index contributed by atoms with van der Waals surface area (Å²) in [5, 5.41) is 16.3. The third-order valence-corrected chi connectivity index (χ3v) is 4.34. The molecule has 21 heavy (non-hydrogen) atoms. The van der Waals surface area contributed by atoms with Crippen LogP contribution in [-0.2, 0) is 0 Å². The topological polar surface area (TPSA) is 62.2 Å². The molecule has 0 radical (unpaired) electrons. The molecule has 0 bridgehead atoms. The highest BCUT2D eigenvalue weighted by Crippen LogP contribution is 2.27. The molecule has 2 heterocycles. The Hall–Kier alpha value is -2.40. The summed E-state index contributed by atoms with van der Waals surface area (Å²) in [7, 11) is 0. The monoisotopic (exact) mass is 298 g/mol. The van der Waals surface area contributed by atoms with Gasteiger partial charge in [0.15, 0.2) is 5.69 Å². The van der Waals surface area contributed by atoms with Gasteiger partial charge in [0.05, 0.1) is 6.04 Å². The minimum Gasteiger partial charge on any atom is -0.477 e. The summed E-state index contributed by atoms with van der Waals surface area (Å²) in [5.41, 5.74) is 0.0505. The number of hydrogen-bond acceptors (Lipinski definition) is 4. The molecule has 0 saturated heterocycles. The van der Waals surface area contributed by atoms with Gasteiger partial charge < -0.3 is 10.4 Å². The average molecular weight is 298 g/mol. The molecule has 2 aromatic heterocycles. The molecule has 0 aliphatic rings. The molecule has 106 valence electrons. The molecule has 2 N–H and O–H groups in total. The molecule has 0 saturated carbocycles. The van der Waals surface area contributed by atoms with Crippen LogP contribution in [0.3, 0.4) is 0 Å². The van der Waals surface area contributed by atoms with E-state index in [9.17, 15) is 9.90 Å². The van der Waals surface area contributed by atoms with E-state index >= 15 is 0 Å². The zero-order valence-electron chi connectivity index (χ0n) is 11.4. The lowest BCUT2D eigenvalue weighted by atomic mass is 10.1. The smallest absolute Gasteiger partial charge is 0.354 e. The Bertz CT molecular complexity index is 784. The Morgan fingerprint density at radius 1 is 1.29 bits per heavy atom. The van der Waals surface area contributed by atoms with Crippen LogP contribution in [0, 0.1) is 0 Å². The quantitative estimate of drug-likeness (QED) is 0.759. The van der Waals surface area contributed by atoms with Gasteiger partial charge in [-0.1, -0.05) is 30.3 Å². The summed E-state index contributed by atoms with van der Waals surface area (Å²) < 4.78 is 0. The van der Waals surface area contributed by atoms with Gasteiger partial charge in [-0.05, 0) is 29.8 Å². The van der Waals surface area contributed by atoms with E-state index in [1.807, 2.05) is 48.7 Å². The number of anilines is 1. The zero-order valence-corrected chi connectivity index (χ0v) is 12.2. The van der Waals surface area contributed by atoms with Crippen LogP contribution in [0.1, 0.15) is 28.3 Å². The van der Waals surface area contributed by atoms with Crippen molar-refractivity contribution in [2.24, 2.45) is 0 Å².